The monoisotopic (exact) mass is 183 g/mol. The summed E-state index contributed by atoms with van der Waals surface area (Å²) >= 11 is 0. The van der Waals surface area contributed by atoms with Crippen LogP contribution in [0.2, 0.25) is 0 Å². The largest absolute Gasteiger partial charge is 0.508 e. The van der Waals surface area contributed by atoms with Crippen LogP contribution in [0.5, 0.6) is 5.75 Å². The van der Waals surface area contributed by atoms with E-state index in [2.05, 4.69) is 0 Å². The number of nitrogens with two attached hydrogens (primary N) is 1. The van der Waals surface area contributed by atoms with Crippen molar-refractivity contribution in [1.29, 1.82) is 0 Å². The van der Waals surface area contributed by atoms with Crippen LogP contribution in [0.4, 0.5) is 0 Å². The Morgan fingerprint density at radius 3 is 2.62 bits per heavy atom. The molecular formula is C9H11NO3. The molecule has 1 aromatic carbocycles. The van der Waals surface area contributed by atoms with E-state index >= 15 is 0 Å². The summed E-state index contributed by atoms with van der Waals surface area (Å²) in [7, 11) is 0. The van der Waals surface area contributed by atoms with Crippen LogP contribution in [0.25, 0.3) is 0 Å². The van der Waals surface area contributed by atoms with Crippen molar-refractivity contribution in [2.24, 2.45) is 5.73 Å². The summed E-state index contributed by atoms with van der Waals surface area (Å²) in [4.78, 5) is 10.6. The Bertz CT molecular complexity index is 364. The van der Waals surface area contributed by atoms with Crippen LogP contribution in [0, 0.1) is 0 Å². The second kappa shape index (κ2) is 3.91. The third-order valence-electron chi connectivity index (χ3n) is 1.46. The Morgan fingerprint density at radius 2 is 2.15 bits per heavy atom. The van der Waals surface area contributed by atoms with Crippen LogP contribution < -0.4 is 5.73 Å². The summed E-state index contributed by atoms with van der Waals surface area (Å²) in [6.07, 6.45) is -1.41. The third-order valence-corrected chi connectivity index (χ3v) is 1.46. The number of carboxylic acids is 1. The SMILES string of the molecule is [2H][C@@H](c1ccc(O)cc1)[C@]([2H])(N)C(=O)O. The van der Waals surface area contributed by atoms with Crippen LogP contribution in [-0.4, -0.2) is 22.2 Å². The molecule has 0 radical (unpaired) electrons. The van der Waals surface area contributed by atoms with E-state index in [-0.39, 0.29) is 11.3 Å². The molecule has 0 aromatic heterocycles. The highest BCUT2D eigenvalue weighted by molar-refractivity contribution is 5.73. The summed E-state index contributed by atoms with van der Waals surface area (Å²) in [6.45, 7) is 0. The minimum Gasteiger partial charge on any atom is -0.508 e. The Labute approximate surface area is 78.4 Å². The summed E-state index contributed by atoms with van der Waals surface area (Å²) in [6, 6.07) is 2.97. The molecule has 0 aliphatic heterocycles. The molecule has 4 N–H and O–H groups in total. The van der Waals surface area contributed by atoms with E-state index in [0.717, 1.165) is 0 Å². The zero-order valence-corrected chi connectivity index (χ0v) is 6.77. The average molecular weight is 183 g/mol. The smallest absolute Gasteiger partial charge is 0.320 e. The van der Waals surface area contributed by atoms with Crippen molar-refractivity contribution >= 4 is 5.97 Å². The molecular weight excluding hydrogens is 170 g/mol. The van der Waals surface area contributed by atoms with Gasteiger partial charge in [0.2, 0.25) is 0 Å². The first kappa shape index (κ1) is 6.91. The average Bonchev–Trinajstić information content (AvgIpc) is 2.17. The van der Waals surface area contributed by atoms with Gasteiger partial charge < -0.3 is 15.9 Å². The predicted molar refractivity (Wildman–Crippen MR) is 47.4 cm³/mol. The van der Waals surface area contributed by atoms with Gasteiger partial charge in [0, 0.05) is 1.37 Å². The van der Waals surface area contributed by atoms with Gasteiger partial charge in [-0.15, -0.1) is 0 Å². The Morgan fingerprint density at radius 1 is 1.62 bits per heavy atom. The standard InChI is InChI=1S/C9H11NO3/c10-8(9(12)13)5-6-1-3-7(11)4-2-6/h1-4,8,11H,5,10H2,(H,12,13)/t8-/m0/s1/i5D,8D/t5-,8-. The van der Waals surface area contributed by atoms with Gasteiger partial charge in [-0.1, -0.05) is 12.1 Å². The molecule has 0 spiro atoms. The number of phenols is 1. The summed E-state index contributed by atoms with van der Waals surface area (Å²) in [5.74, 6) is -1.55. The highest BCUT2D eigenvalue weighted by atomic mass is 16.4. The van der Waals surface area contributed by atoms with Gasteiger partial charge in [-0.3, -0.25) is 4.79 Å². The van der Waals surface area contributed by atoms with Crippen molar-refractivity contribution in [3.8, 4) is 5.75 Å². The van der Waals surface area contributed by atoms with E-state index in [1.807, 2.05) is 0 Å². The Hall–Kier alpha value is -1.55. The number of aromatic hydroxyl groups is 1. The van der Waals surface area contributed by atoms with E-state index < -0.39 is 18.4 Å². The topological polar surface area (TPSA) is 83.5 Å². The molecule has 1 rings (SSSR count). The van der Waals surface area contributed by atoms with E-state index in [0.29, 0.717) is 0 Å². The van der Waals surface area contributed by atoms with E-state index in [1.54, 1.807) is 0 Å². The molecule has 13 heavy (non-hydrogen) atoms. The molecule has 0 aliphatic carbocycles. The molecule has 0 saturated carbocycles. The lowest BCUT2D eigenvalue weighted by atomic mass is 10.1. The van der Waals surface area contributed by atoms with Gasteiger partial charge in [0.05, 0.1) is 1.37 Å². The molecule has 0 bridgehead atoms. The highest BCUT2D eigenvalue weighted by Crippen LogP contribution is 2.10. The second-order valence-corrected chi connectivity index (χ2v) is 2.50. The van der Waals surface area contributed by atoms with E-state index in [1.165, 1.54) is 24.3 Å². The lowest BCUT2D eigenvalue weighted by molar-refractivity contribution is -0.138. The van der Waals surface area contributed by atoms with E-state index in [9.17, 15) is 4.79 Å². The number of hydrogen-bond donors (Lipinski definition) is 3. The van der Waals surface area contributed by atoms with Crippen LogP contribution in [0.1, 0.15) is 8.30 Å². The van der Waals surface area contributed by atoms with Gasteiger partial charge in [-0.05, 0) is 24.1 Å². The maximum atomic E-state index is 10.6. The summed E-state index contributed by atoms with van der Waals surface area (Å²) < 4.78 is 14.8. The first-order chi connectivity index (χ1) is 6.85. The van der Waals surface area contributed by atoms with Crippen molar-refractivity contribution in [1.82, 2.24) is 0 Å². The fraction of sp³-hybridized carbons (Fsp3) is 0.222. The number of carbonyl (C=O) groups is 1. The lowest BCUT2D eigenvalue weighted by Gasteiger charge is -2.05. The molecule has 0 fully saturated rings. The van der Waals surface area contributed by atoms with Crippen molar-refractivity contribution < 1.29 is 17.7 Å². The van der Waals surface area contributed by atoms with Crippen molar-refractivity contribution in [2.75, 3.05) is 0 Å². The van der Waals surface area contributed by atoms with Gasteiger partial charge in [-0.2, -0.15) is 0 Å². The van der Waals surface area contributed by atoms with Gasteiger partial charge >= 0.3 is 5.97 Å². The molecule has 1 aromatic rings. The van der Waals surface area contributed by atoms with Crippen molar-refractivity contribution in [3.63, 3.8) is 0 Å². The van der Waals surface area contributed by atoms with Crippen LogP contribution in [0.15, 0.2) is 24.3 Å². The number of hydrogen-bond acceptors (Lipinski definition) is 3. The number of phenolic OH excluding ortho intramolecular Hbond substituents is 1. The maximum Gasteiger partial charge on any atom is 0.320 e. The molecule has 0 unspecified atom stereocenters. The summed E-state index contributed by atoms with van der Waals surface area (Å²) in [5.41, 5.74) is 5.46. The van der Waals surface area contributed by atoms with Crippen LogP contribution in [-0.2, 0) is 11.2 Å². The number of benzene rings is 1. The molecule has 0 heterocycles. The fourth-order valence-electron chi connectivity index (χ4n) is 0.812. The van der Waals surface area contributed by atoms with Crippen molar-refractivity contribution in [2.45, 2.75) is 12.4 Å². The number of rotatable bonds is 3. The second-order valence-electron chi connectivity index (χ2n) is 2.50. The van der Waals surface area contributed by atoms with Gasteiger partial charge in [-0.25, -0.2) is 0 Å². The van der Waals surface area contributed by atoms with Crippen LogP contribution >= 0.6 is 0 Å². The normalized spacial score (nSPS) is 19.5. The number of aliphatic carboxylic acids is 1. The van der Waals surface area contributed by atoms with Gasteiger partial charge in [0.15, 0.2) is 0 Å². The third kappa shape index (κ3) is 2.76. The fourth-order valence-corrected chi connectivity index (χ4v) is 0.812. The minimum absolute atomic E-state index is 0.00822. The maximum absolute atomic E-state index is 10.6. The molecule has 0 saturated heterocycles. The molecule has 4 nitrogen and oxygen atoms in total. The predicted octanol–water partition coefficient (Wildman–Crippen LogP) is 0.347. The van der Waals surface area contributed by atoms with Crippen LogP contribution in [0.3, 0.4) is 0 Å². The lowest BCUT2D eigenvalue weighted by Crippen LogP contribution is -2.32. The Kier molecular flexibility index (Phi) is 2.08. The molecule has 2 atom stereocenters. The number of carboxylic acid groups (broad SMARTS) is 1. The zero-order valence-electron chi connectivity index (χ0n) is 8.77. The minimum atomic E-state index is -2.39. The molecule has 0 amide bonds. The molecule has 4 heteroatoms. The Balaban J connectivity index is 2.99. The van der Waals surface area contributed by atoms with Gasteiger partial charge in [0.1, 0.15) is 11.8 Å². The summed E-state index contributed by atoms with van der Waals surface area (Å²) in [5, 5.41) is 17.6. The quantitative estimate of drug-likeness (QED) is 0.631. The first-order valence-electron chi connectivity index (χ1n) is 4.67. The van der Waals surface area contributed by atoms with Crippen molar-refractivity contribution in [3.05, 3.63) is 29.8 Å². The van der Waals surface area contributed by atoms with E-state index in [4.69, 9.17) is 18.7 Å². The molecule has 0 aliphatic rings. The zero-order chi connectivity index (χ0) is 11.6. The first-order valence-corrected chi connectivity index (χ1v) is 3.59. The van der Waals surface area contributed by atoms with Gasteiger partial charge in [0.25, 0.3) is 0 Å². The highest BCUT2D eigenvalue weighted by Gasteiger charge is 2.11. The molecule has 70 valence electrons.